The van der Waals surface area contributed by atoms with Gasteiger partial charge in [-0.2, -0.15) is 0 Å². The lowest BCUT2D eigenvalue weighted by Gasteiger charge is -2.14. The molecule has 1 aromatic heterocycles. The molecule has 0 atom stereocenters. The predicted molar refractivity (Wildman–Crippen MR) is 84.8 cm³/mol. The third-order valence-corrected chi connectivity index (χ3v) is 5.85. The Labute approximate surface area is 126 Å². The second kappa shape index (κ2) is 8.09. The Hall–Kier alpha value is -0.470. The van der Waals surface area contributed by atoms with Gasteiger partial charge < -0.3 is 10.2 Å². The van der Waals surface area contributed by atoms with Crippen molar-refractivity contribution in [1.82, 2.24) is 14.9 Å². The number of hydrogen-bond acceptors (Lipinski definition) is 5. The smallest absolute Gasteiger partial charge is 0.241 e. The van der Waals surface area contributed by atoms with Crippen molar-refractivity contribution >= 4 is 21.4 Å². The van der Waals surface area contributed by atoms with Crippen molar-refractivity contribution in [2.75, 3.05) is 33.2 Å². The maximum Gasteiger partial charge on any atom is 0.241 e. The highest BCUT2D eigenvalue weighted by atomic mass is 32.2. The molecule has 5 nitrogen and oxygen atoms in total. The first-order valence-electron chi connectivity index (χ1n) is 6.89. The Bertz CT molecular complexity index is 512. The first-order chi connectivity index (χ1) is 9.40. The molecule has 1 aromatic rings. The van der Waals surface area contributed by atoms with E-state index < -0.39 is 10.0 Å². The molecule has 1 rings (SSSR count). The molecule has 0 radical (unpaired) electrons. The largest absolute Gasteiger partial charge is 0.312 e. The molecule has 0 saturated heterocycles. The Kier molecular flexibility index (Phi) is 7.11. The van der Waals surface area contributed by atoms with E-state index in [-0.39, 0.29) is 0 Å². The molecule has 2 N–H and O–H groups in total. The molecule has 0 amide bonds. The van der Waals surface area contributed by atoms with Gasteiger partial charge in [0.2, 0.25) is 10.0 Å². The number of nitrogens with zero attached hydrogens (tertiary/aromatic N) is 1. The van der Waals surface area contributed by atoms with E-state index in [0.29, 0.717) is 18.0 Å². The molecule has 20 heavy (non-hydrogen) atoms. The summed E-state index contributed by atoms with van der Waals surface area (Å²) in [7, 11) is -1.42. The third kappa shape index (κ3) is 5.14. The summed E-state index contributed by atoms with van der Waals surface area (Å²) in [4.78, 5) is 4.37. The molecular weight excluding hydrogens is 294 g/mol. The summed E-state index contributed by atoms with van der Waals surface area (Å²) in [5, 5.41) is 3.21. The van der Waals surface area contributed by atoms with Gasteiger partial charge in [-0.05, 0) is 33.1 Å². The van der Waals surface area contributed by atoms with Crippen LogP contribution in [-0.2, 0) is 16.6 Å². The van der Waals surface area contributed by atoms with Crippen molar-refractivity contribution < 1.29 is 8.42 Å². The molecule has 0 saturated carbocycles. The molecule has 116 valence electrons. The summed E-state index contributed by atoms with van der Waals surface area (Å²) in [5.74, 6) is 0. The van der Waals surface area contributed by atoms with Crippen LogP contribution in [0.5, 0.6) is 0 Å². The second-order valence-electron chi connectivity index (χ2n) is 4.71. The third-order valence-electron chi connectivity index (χ3n) is 3.09. The van der Waals surface area contributed by atoms with Gasteiger partial charge in [-0.3, -0.25) is 0 Å². The maximum absolute atomic E-state index is 12.3. The van der Waals surface area contributed by atoms with Crippen molar-refractivity contribution in [3.8, 4) is 0 Å². The van der Waals surface area contributed by atoms with E-state index in [1.54, 1.807) is 6.07 Å². The van der Waals surface area contributed by atoms with E-state index in [1.165, 1.54) is 11.3 Å². The zero-order valence-corrected chi connectivity index (χ0v) is 14.3. The number of aryl methyl sites for hydroxylation is 1. The minimum absolute atomic E-state index is 0.412. The van der Waals surface area contributed by atoms with Crippen LogP contribution in [0.15, 0.2) is 11.0 Å². The van der Waals surface area contributed by atoms with Crippen molar-refractivity contribution in [2.24, 2.45) is 0 Å². The van der Waals surface area contributed by atoms with Crippen LogP contribution >= 0.6 is 11.3 Å². The molecular formula is C13H25N3O2S2. The van der Waals surface area contributed by atoms with Crippen LogP contribution in [-0.4, -0.2) is 46.5 Å². The molecule has 0 fully saturated rings. The number of hydrogen-bond donors (Lipinski definition) is 2. The molecule has 0 bridgehead atoms. The molecule has 1 heterocycles. The number of sulfonamides is 1. The van der Waals surface area contributed by atoms with Gasteiger partial charge in [0.05, 0.1) is 4.90 Å². The normalized spacial score (nSPS) is 12.2. The number of nitrogens with one attached hydrogen (secondary N) is 2. The van der Waals surface area contributed by atoms with Gasteiger partial charge in [-0.1, -0.05) is 13.8 Å². The van der Waals surface area contributed by atoms with Crippen LogP contribution < -0.4 is 10.0 Å². The zero-order chi connectivity index (χ0) is 15.2. The highest BCUT2D eigenvalue weighted by Gasteiger charge is 2.19. The topological polar surface area (TPSA) is 61.4 Å². The second-order valence-corrected chi connectivity index (χ2v) is 7.78. The fraction of sp³-hybridized carbons (Fsp3) is 0.692. The fourth-order valence-corrected chi connectivity index (χ4v) is 4.36. The average molecular weight is 319 g/mol. The van der Waals surface area contributed by atoms with E-state index in [9.17, 15) is 8.42 Å². The zero-order valence-electron chi connectivity index (χ0n) is 12.7. The molecule has 0 aliphatic rings. The summed E-state index contributed by atoms with van der Waals surface area (Å²) in [6.45, 7) is 9.58. The molecule has 0 aliphatic carbocycles. The molecule has 0 spiro atoms. The van der Waals surface area contributed by atoms with Gasteiger partial charge in [0.25, 0.3) is 0 Å². The monoisotopic (exact) mass is 319 g/mol. The highest BCUT2D eigenvalue weighted by Crippen LogP contribution is 2.25. The lowest BCUT2D eigenvalue weighted by Crippen LogP contribution is -2.33. The first-order valence-corrected chi connectivity index (χ1v) is 9.18. The van der Waals surface area contributed by atoms with E-state index in [0.717, 1.165) is 29.4 Å². The quantitative estimate of drug-likeness (QED) is 0.722. The summed E-state index contributed by atoms with van der Waals surface area (Å²) < 4.78 is 27.2. The number of likely N-dealkylation sites (N-methyl/N-ethyl adjacent to an activating group) is 1. The summed E-state index contributed by atoms with van der Waals surface area (Å²) >= 11 is 1.53. The lowest BCUT2D eigenvalue weighted by atomic mass is 10.4. The van der Waals surface area contributed by atoms with Crippen LogP contribution in [0.1, 0.15) is 23.6 Å². The van der Waals surface area contributed by atoms with Crippen LogP contribution in [0.25, 0.3) is 0 Å². The van der Waals surface area contributed by atoms with Crippen LogP contribution in [0, 0.1) is 6.92 Å². The van der Waals surface area contributed by atoms with E-state index in [2.05, 4.69) is 14.9 Å². The molecule has 0 aromatic carbocycles. The van der Waals surface area contributed by atoms with Crippen molar-refractivity contribution in [1.29, 1.82) is 0 Å². The van der Waals surface area contributed by atoms with E-state index in [4.69, 9.17) is 0 Å². The molecule has 0 unspecified atom stereocenters. The fourth-order valence-electron chi connectivity index (χ4n) is 1.73. The minimum Gasteiger partial charge on any atom is -0.312 e. The Morgan fingerprint density at radius 2 is 2.05 bits per heavy atom. The van der Waals surface area contributed by atoms with Gasteiger partial charge in [0.1, 0.15) is 0 Å². The number of thiophene rings is 1. The molecule has 7 heteroatoms. The van der Waals surface area contributed by atoms with Gasteiger partial charge in [-0.15, -0.1) is 11.3 Å². The molecule has 0 aliphatic heterocycles. The summed E-state index contributed by atoms with van der Waals surface area (Å²) in [6.07, 6.45) is 0. The van der Waals surface area contributed by atoms with Gasteiger partial charge >= 0.3 is 0 Å². The van der Waals surface area contributed by atoms with Crippen LogP contribution in [0.2, 0.25) is 0 Å². The summed E-state index contributed by atoms with van der Waals surface area (Å²) in [6, 6.07) is 1.77. The van der Waals surface area contributed by atoms with E-state index in [1.807, 2.05) is 27.8 Å². The van der Waals surface area contributed by atoms with Crippen molar-refractivity contribution in [3.05, 3.63) is 15.8 Å². The Morgan fingerprint density at radius 1 is 1.35 bits per heavy atom. The maximum atomic E-state index is 12.3. The SMILES string of the molecule is CCNCc1cc(S(=O)(=O)NCCN(C)CC)c(C)s1. The van der Waals surface area contributed by atoms with Crippen LogP contribution in [0.4, 0.5) is 0 Å². The average Bonchev–Trinajstić information content (AvgIpc) is 2.78. The van der Waals surface area contributed by atoms with Gasteiger partial charge in [0, 0.05) is 29.4 Å². The standard InChI is InChI=1S/C13H25N3O2S2/c1-5-14-10-12-9-13(11(3)19-12)20(17,18)15-7-8-16(4)6-2/h9,14-15H,5-8,10H2,1-4H3. The van der Waals surface area contributed by atoms with Crippen LogP contribution in [0.3, 0.4) is 0 Å². The Morgan fingerprint density at radius 3 is 2.65 bits per heavy atom. The number of rotatable bonds is 9. The minimum atomic E-state index is -3.39. The van der Waals surface area contributed by atoms with Gasteiger partial charge in [0.15, 0.2) is 0 Å². The summed E-state index contributed by atoms with van der Waals surface area (Å²) in [5.41, 5.74) is 0. The predicted octanol–water partition coefficient (Wildman–Crippen LogP) is 1.40. The van der Waals surface area contributed by atoms with Crippen molar-refractivity contribution in [3.63, 3.8) is 0 Å². The van der Waals surface area contributed by atoms with Crippen molar-refractivity contribution in [2.45, 2.75) is 32.2 Å². The van der Waals surface area contributed by atoms with E-state index >= 15 is 0 Å². The lowest BCUT2D eigenvalue weighted by molar-refractivity contribution is 0.358. The first kappa shape index (κ1) is 17.6. The Balaban J connectivity index is 2.69. The highest BCUT2D eigenvalue weighted by molar-refractivity contribution is 7.89. The van der Waals surface area contributed by atoms with Gasteiger partial charge in [-0.25, -0.2) is 13.1 Å².